The van der Waals surface area contributed by atoms with E-state index in [2.05, 4.69) is 0 Å². The number of ether oxygens (including phenoxy) is 1. The second kappa shape index (κ2) is 7.73. The Bertz CT molecular complexity index is 895. The van der Waals surface area contributed by atoms with Crippen LogP contribution in [0.4, 0.5) is 4.39 Å². The Kier molecular flexibility index (Phi) is 5.28. The van der Waals surface area contributed by atoms with Crippen molar-refractivity contribution in [2.24, 2.45) is 5.92 Å². The highest BCUT2D eigenvalue weighted by molar-refractivity contribution is 5.66. The van der Waals surface area contributed by atoms with Gasteiger partial charge in [-0.25, -0.2) is 14.2 Å². The summed E-state index contributed by atoms with van der Waals surface area (Å²) in [5.41, 5.74) is 0.432. The molecule has 2 aromatic carbocycles. The van der Waals surface area contributed by atoms with Crippen molar-refractivity contribution in [2.45, 2.75) is 50.4 Å². The molecule has 1 aliphatic heterocycles. The Morgan fingerprint density at radius 1 is 1.17 bits per heavy atom. The predicted octanol–water partition coefficient (Wildman–Crippen LogP) is 5.19. The third-order valence-electron chi connectivity index (χ3n) is 6.07. The molecule has 4 rings (SSSR count). The first-order valence-corrected chi connectivity index (χ1v) is 9.96. The van der Waals surface area contributed by atoms with Gasteiger partial charge in [0.1, 0.15) is 23.1 Å². The van der Waals surface area contributed by atoms with Crippen LogP contribution < -0.4 is 0 Å². The van der Waals surface area contributed by atoms with Gasteiger partial charge in [-0.05, 0) is 55.5 Å². The van der Waals surface area contributed by atoms with E-state index in [0.29, 0.717) is 12.8 Å². The number of halogens is 1. The number of rotatable bonds is 4. The first kappa shape index (κ1) is 19.8. The van der Waals surface area contributed by atoms with E-state index in [0.717, 1.165) is 17.5 Å². The molecule has 0 radical (unpaired) electrons. The van der Waals surface area contributed by atoms with Gasteiger partial charge in [0.25, 0.3) is 0 Å². The fraction of sp³-hybridized carbons (Fsp3) is 0.375. The van der Waals surface area contributed by atoms with Gasteiger partial charge in [-0.3, -0.25) is 4.79 Å². The highest BCUT2D eigenvalue weighted by Crippen LogP contribution is 2.51. The highest BCUT2D eigenvalue weighted by atomic mass is 19.1. The molecule has 0 aromatic heterocycles. The fourth-order valence-electron chi connectivity index (χ4n) is 4.47. The Labute approximate surface area is 170 Å². The zero-order valence-corrected chi connectivity index (χ0v) is 16.6. The van der Waals surface area contributed by atoms with Gasteiger partial charge >= 0.3 is 5.97 Å². The van der Waals surface area contributed by atoms with Crippen molar-refractivity contribution in [3.05, 3.63) is 77.6 Å². The molecular weight excluding hydrogens is 371 g/mol. The summed E-state index contributed by atoms with van der Waals surface area (Å²) in [5, 5.41) is 0. The molecule has 2 bridgehead atoms. The Balaban J connectivity index is 1.67. The van der Waals surface area contributed by atoms with Crippen molar-refractivity contribution in [2.75, 3.05) is 0 Å². The van der Waals surface area contributed by atoms with Gasteiger partial charge in [-0.2, -0.15) is 0 Å². The predicted molar refractivity (Wildman–Crippen MR) is 107 cm³/mol. The lowest BCUT2D eigenvalue weighted by Crippen LogP contribution is -2.57. The van der Waals surface area contributed by atoms with Crippen LogP contribution in [0.15, 0.2) is 60.7 Å². The molecule has 29 heavy (non-hydrogen) atoms. The minimum Gasteiger partial charge on any atom is -0.457 e. The second-order valence-electron chi connectivity index (χ2n) is 8.09. The Morgan fingerprint density at radius 3 is 2.59 bits per heavy atom. The maximum atomic E-state index is 13.2. The molecule has 0 spiro atoms. The minimum absolute atomic E-state index is 0.156. The number of esters is 1. The minimum atomic E-state index is -0.760. The van der Waals surface area contributed by atoms with E-state index in [1.54, 1.807) is 12.1 Å². The van der Waals surface area contributed by atoms with Crippen LogP contribution >= 0.6 is 0 Å². The SMILES string of the molecule is CC(=O)O[C@]1(C)CC[C@@H]2C[C@H]1OO[C@@]2(/C=C/c1ccc(F)cc1)c1ccccc1. The Hall–Kier alpha value is -2.50. The third kappa shape index (κ3) is 3.85. The topological polar surface area (TPSA) is 44.8 Å². The molecule has 2 aromatic rings. The fourth-order valence-corrected chi connectivity index (χ4v) is 4.47. The van der Waals surface area contributed by atoms with E-state index < -0.39 is 11.2 Å². The number of carbonyl (C=O) groups excluding carboxylic acids is 1. The summed E-state index contributed by atoms with van der Waals surface area (Å²) in [6.07, 6.45) is 5.87. The van der Waals surface area contributed by atoms with Crippen LogP contribution in [0.25, 0.3) is 6.08 Å². The van der Waals surface area contributed by atoms with Crippen molar-refractivity contribution in [3.8, 4) is 0 Å². The first-order valence-electron chi connectivity index (χ1n) is 9.96. The lowest BCUT2D eigenvalue weighted by Gasteiger charge is -2.52. The van der Waals surface area contributed by atoms with Crippen LogP contribution in [0.5, 0.6) is 0 Å². The van der Waals surface area contributed by atoms with E-state index in [9.17, 15) is 9.18 Å². The van der Waals surface area contributed by atoms with E-state index >= 15 is 0 Å². The smallest absolute Gasteiger partial charge is 0.303 e. The van der Waals surface area contributed by atoms with Gasteiger partial charge in [0, 0.05) is 12.8 Å². The Morgan fingerprint density at radius 2 is 1.90 bits per heavy atom. The van der Waals surface area contributed by atoms with E-state index in [-0.39, 0.29) is 23.8 Å². The molecule has 4 atom stereocenters. The van der Waals surface area contributed by atoms with Crippen LogP contribution in [0, 0.1) is 11.7 Å². The molecule has 1 saturated carbocycles. The zero-order valence-electron chi connectivity index (χ0n) is 16.6. The zero-order chi connectivity index (χ0) is 20.5. The van der Waals surface area contributed by atoms with Gasteiger partial charge in [0.05, 0.1) is 0 Å². The van der Waals surface area contributed by atoms with Crippen molar-refractivity contribution in [1.82, 2.24) is 0 Å². The van der Waals surface area contributed by atoms with Crippen LogP contribution in [0.1, 0.15) is 44.2 Å². The highest BCUT2D eigenvalue weighted by Gasteiger charge is 2.55. The monoisotopic (exact) mass is 396 g/mol. The van der Waals surface area contributed by atoms with Crippen molar-refractivity contribution in [3.63, 3.8) is 0 Å². The van der Waals surface area contributed by atoms with Crippen molar-refractivity contribution < 1.29 is 23.7 Å². The summed E-state index contributed by atoms with van der Waals surface area (Å²) in [6, 6.07) is 16.3. The number of carbonyl (C=O) groups is 1. The number of fused-ring (bicyclic) bond motifs is 2. The summed E-state index contributed by atoms with van der Waals surface area (Å²) in [7, 11) is 0. The average Bonchev–Trinajstić information content (AvgIpc) is 2.72. The van der Waals surface area contributed by atoms with Gasteiger partial charge in [0.2, 0.25) is 0 Å². The summed E-state index contributed by atoms with van der Waals surface area (Å²) in [6.45, 7) is 3.32. The number of hydrogen-bond donors (Lipinski definition) is 0. The third-order valence-corrected chi connectivity index (χ3v) is 6.07. The van der Waals surface area contributed by atoms with Crippen LogP contribution in [-0.2, 0) is 24.9 Å². The van der Waals surface area contributed by atoms with E-state index in [4.69, 9.17) is 14.5 Å². The lowest BCUT2D eigenvalue weighted by molar-refractivity contribution is -0.443. The van der Waals surface area contributed by atoms with E-state index in [1.165, 1.54) is 19.1 Å². The average molecular weight is 396 g/mol. The molecule has 5 heteroatoms. The maximum Gasteiger partial charge on any atom is 0.303 e. The molecule has 1 heterocycles. The summed E-state index contributed by atoms with van der Waals surface area (Å²) in [5.74, 6) is -0.424. The quantitative estimate of drug-likeness (QED) is 0.527. The van der Waals surface area contributed by atoms with Gasteiger partial charge in [0.15, 0.2) is 0 Å². The van der Waals surface area contributed by atoms with Crippen LogP contribution in [0.3, 0.4) is 0 Å². The van der Waals surface area contributed by atoms with Crippen molar-refractivity contribution in [1.29, 1.82) is 0 Å². The molecule has 2 fully saturated rings. The van der Waals surface area contributed by atoms with Gasteiger partial charge in [-0.1, -0.05) is 48.5 Å². The molecular formula is C24H25FO4. The molecule has 1 aliphatic carbocycles. The van der Waals surface area contributed by atoms with E-state index in [1.807, 2.05) is 49.4 Å². The summed E-state index contributed by atoms with van der Waals surface area (Å²) < 4.78 is 18.8. The molecule has 1 saturated heterocycles. The van der Waals surface area contributed by atoms with Crippen LogP contribution in [-0.4, -0.2) is 17.7 Å². The molecule has 0 N–H and O–H groups in total. The molecule has 0 unspecified atom stereocenters. The molecule has 152 valence electrons. The molecule has 2 aliphatic rings. The normalized spacial score (nSPS) is 31.6. The maximum absolute atomic E-state index is 13.2. The van der Waals surface area contributed by atoms with Crippen LogP contribution in [0.2, 0.25) is 0 Å². The number of hydrogen-bond acceptors (Lipinski definition) is 4. The molecule has 4 nitrogen and oxygen atoms in total. The largest absolute Gasteiger partial charge is 0.457 e. The van der Waals surface area contributed by atoms with Gasteiger partial charge in [-0.15, -0.1) is 0 Å². The number of benzene rings is 2. The standard InChI is InChI=1S/C24H25FO4/c1-17(26)27-23(2)14-13-20-16-22(23)28-29-24(20,19-6-4-3-5-7-19)15-12-18-8-10-21(25)11-9-18/h3-12,15,20,22H,13-14,16H2,1-2H3/b15-12+/t20-,22-,23-,24+/m1/s1. The lowest BCUT2D eigenvalue weighted by atomic mass is 9.67. The molecule has 0 amide bonds. The second-order valence-corrected chi connectivity index (χ2v) is 8.09. The summed E-state index contributed by atoms with van der Waals surface area (Å²) >= 11 is 0. The van der Waals surface area contributed by atoms with Crippen molar-refractivity contribution >= 4 is 12.0 Å². The first-order chi connectivity index (χ1) is 13.9. The van der Waals surface area contributed by atoms with Gasteiger partial charge < -0.3 is 4.74 Å². The summed E-state index contributed by atoms with van der Waals surface area (Å²) in [4.78, 5) is 23.5.